The van der Waals surface area contributed by atoms with Gasteiger partial charge in [0.15, 0.2) is 0 Å². The maximum atomic E-state index is 3.75. The summed E-state index contributed by atoms with van der Waals surface area (Å²) in [6.07, 6.45) is 4.74. The van der Waals surface area contributed by atoms with E-state index in [1.165, 1.54) is 6.42 Å². The van der Waals surface area contributed by atoms with Crippen molar-refractivity contribution in [3.8, 4) is 0 Å². The molecule has 62 valence electrons. The van der Waals surface area contributed by atoms with E-state index in [0.717, 1.165) is 13.1 Å². The van der Waals surface area contributed by atoms with Crippen LogP contribution in [-0.2, 0) is 0 Å². The topological polar surface area (TPSA) is 42.7 Å². The van der Waals surface area contributed by atoms with E-state index in [1.807, 2.05) is 0 Å². The first-order chi connectivity index (χ1) is 4.97. The zero-order chi connectivity index (χ0) is 6.81. The predicted molar refractivity (Wildman–Crippen MR) is 43.8 cm³/mol. The summed E-state index contributed by atoms with van der Waals surface area (Å²) in [5.74, 6) is 0. The van der Waals surface area contributed by atoms with E-state index in [4.69, 9.17) is 0 Å². The van der Waals surface area contributed by atoms with Crippen molar-refractivity contribution in [2.75, 3.05) is 13.1 Å². The van der Waals surface area contributed by atoms with Crippen molar-refractivity contribution in [1.82, 2.24) is 20.1 Å². The molecule has 1 aliphatic heterocycles. The average Bonchev–Trinajstić information content (AvgIpc) is 2.59. The van der Waals surface area contributed by atoms with Crippen molar-refractivity contribution in [2.45, 2.75) is 12.5 Å². The lowest BCUT2D eigenvalue weighted by atomic mass is 10.3. The van der Waals surface area contributed by atoms with Gasteiger partial charge in [0.25, 0.3) is 0 Å². The lowest BCUT2D eigenvalue weighted by Crippen LogP contribution is -2.11. The Bertz CT molecular complexity index is 192. The number of rotatable bonds is 1. The molecule has 1 aliphatic rings. The minimum Gasteiger partial charge on any atom is -0.316 e. The van der Waals surface area contributed by atoms with Gasteiger partial charge in [-0.05, 0) is 13.0 Å². The zero-order valence-electron chi connectivity index (χ0n) is 6.10. The van der Waals surface area contributed by atoms with Crippen LogP contribution in [0.2, 0.25) is 0 Å². The smallest absolute Gasteiger partial charge is 0.119 e. The van der Waals surface area contributed by atoms with Gasteiger partial charge < -0.3 is 9.88 Å². The highest BCUT2D eigenvalue weighted by molar-refractivity contribution is 5.85. The minimum atomic E-state index is 0. The van der Waals surface area contributed by atoms with E-state index in [9.17, 15) is 0 Å². The van der Waals surface area contributed by atoms with Crippen LogP contribution in [0.5, 0.6) is 0 Å². The second kappa shape index (κ2) is 3.69. The molecule has 1 N–H and O–H groups in total. The third-order valence-electron chi connectivity index (χ3n) is 1.89. The predicted octanol–water partition coefficient (Wildman–Crippen LogP) is 0.234. The van der Waals surface area contributed by atoms with Gasteiger partial charge >= 0.3 is 0 Å². The van der Waals surface area contributed by atoms with Gasteiger partial charge in [-0.15, -0.1) is 22.6 Å². The van der Waals surface area contributed by atoms with E-state index in [2.05, 4.69) is 20.1 Å². The molecule has 0 aliphatic carbocycles. The number of hydrogen-bond donors (Lipinski definition) is 1. The van der Waals surface area contributed by atoms with Gasteiger partial charge in [-0.1, -0.05) is 0 Å². The van der Waals surface area contributed by atoms with E-state index in [0.29, 0.717) is 6.04 Å². The summed E-state index contributed by atoms with van der Waals surface area (Å²) in [7, 11) is 0. The molecule has 0 amide bonds. The third-order valence-corrected chi connectivity index (χ3v) is 1.89. The molecule has 0 bridgehead atoms. The van der Waals surface area contributed by atoms with Gasteiger partial charge in [0.2, 0.25) is 0 Å². The lowest BCUT2D eigenvalue weighted by molar-refractivity contribution is 0.545. The van der Waals surface area contributed by atoms with Crippen LogP contribution >= 0.6 is 12.4 Å². The Morgan fingerprint density at radius 2 is 2.09 bits per heavy atom. The molecular weight excluding hydrogens is 164 g/mol. The van der Waals surface area contributed by atoms with Gasteiger partial charge in [0, 0.05) is 12.6 Å². The normalized spacial score (nSPS) is 23.1. The Kier molecular flexibility index (Phi) is 2.84. The van der Waals surface area contributed by atoms with E-state index >= 15 is 0 Å². The first-order valence-corrected chi connectivity index (χ1v) is 3.51. The zero-order valence-corrected chi connectivity index (χ0v) is 6.92. The standard InChI is InChI=1S/C6H10N4.ClH/c1-2-7-3-6(1)10-4-8-9-5-10;/h4-7H,1-3H2;1H/t6-;/m0./s1. The lowest BCUT2D eigenvalue weighted by Gasteiger charge is -2.06. The van der Waals surface area contributed by atoms with Crippen LogP contribution in [0.25, 0.3) is 0 Å². The summed E-state index contributed by atoms with van der Waals surface area (Å²) >= 11 is 0. The van der Waals surface area contributed by atoms with Crippen molar-refractivity contribution in [1.29, 1.82) is 0 Å². The molecule has 1 aromatic rings. The first-order valence-electron chi connectivity index (χ1n) is 3.51. The van der Waals surface area contributed by atoms with Crippen LogP contribution in [0, 0.1) is 0 Å². The molecule has 0 radical (unpaired) electrons. The Hall–Kier alpha value is -0.610. The van der Waals surface area contributed by atoms with E-state index in [1.54, 1.807) is 12.7 Å². The number of nitrogens with zero attached hydrogens (tertiary/aromatic N) is 3. The Morgan fingerprint density at radius 1 is 1.36 bits per heavy atom. The maximum Gasteiger partial charge on any atom is 0.119 e. The van der Waals surface area contributed by atoms with Gasteiger partial charge in [-0.25, -0.2) is 0 Å². The molecule has 1 saturated heterocycles. The summed E-state index contributed by atoms with van der Waals surface area (Å²) in [6, 6.07) is 0.579. The Morgan fingerprint density at radius 3 is 2.64 bits per heavy atom. The molecule has 0 unspecified atom stereocenters. The summed E-state index contributed by atoms with van der Waals surface area (Å²) in [5.41, 5.74) is 0. The molecule has 2 rings (SSSR count). The highest BCUT2D eigenvalue weighted by Crippen LogP contribution is 2.12. The number of halogens is 1. The molecule has 1 fully saturated rings. The molecule has 4 nitrogen and oxygen atoms in total. The fourth-order valence-corrected chi connectivity index (χ4v) is 1.29. The highest BCUT2D eigenvalue weighted by Gasteiger charge is 2.14. The second-order valence-electron chi connectivity index (χ2n) is 2.56. The summed E-state index contributed by atoms with van der Waals surface area (Å²) in [6.45, 7) is 2.17. The number of nitrogens with one attached hydrogen (secondary N) is 1. The van der Waals surface area contributed by atoms with Gasteiger partial charge in [0.05, 0.1) is 0 Å². The first kappa shape index (κ1) is 8.49. The van der Waals surface area contributed by atoms with Crippen LogP contribution in [-0.4, -0.2) is 27.9 Å². The second-order valence-corrected chi connectivity index (χ2v) is 2.56. The fraction of sp³-hybridized carbons (Fsp3) is 0.667. The van der Waals surface area contributed by atoms with Crippen LogP contribution < -0.4 is 5.32 Å². The van der Waals surface area contributed by atoms with Crippen molar-refractivity contribution in [2.24, 2.45) is 0 Å². The summed E-state index contributed by atoms with van der Waals surface area (Å²) in [4.78, 5) is 0. The molecule has 1 aromatic heterocycles. The van der Waals surface area contributed by atoms with Crippen LogP contribution in [0.3, 0.4) is 0 Å². The van der Waals surface area contributed by atoms with Crippen LogP contribution in [0.15, 0.2) is 12.7 Å². The van der Waals surface area contributed by atoms with Crippen molar-refractivity contribution >= 4 is 12.4 Å². The Labute approximate surface area is 71.4 Å². The van der Waals surface area contributed by atoms with Crippen LogP contribution in [0.1, 0.15) is 12.5 Å². The maximum absolute atomic E-state index is 3.75. The van der Waals surface area contributed by atoms with Crippen LogP contribution in [0.4, 0.5) is 0 Å². The molecule has 0 spiro atoms. The largest absolute Gasteiger partial charge is 0.316 e. The molecule has 2 heterocycles. The highest BCUT2D eigenvalue weighted by atomic mass is 35.5. The number of hydrogen-bond acceptors (Lipinski definition) is 3. The van der Waals surface area contributed by atoms with E-state index < -0.39 is 0 Å². The Balaban J connectivity index is 0.000000605. The monoisotopic (exact) mass is 174 g/mol. The van der Waals surface area contributed by atoms with Crippen molar-refractivity contribution in [3.63, 3.8) is 0 Å². The fourth-order valence-electron chi connectivity index (χ4n) is 1.29. The molecular formula is C6H11ClN4. The molecule has 0 aromatic carbocycles. The summed E-state index contributed by atoms with van der Waals surface area (Å²) in [5, 5.41) is 10.8. The summed E-state index contributed by atoms with van der Waals surface area (Å²) < 4.78 is 2.06. The van der Waals surface area contributed by atoms with E-state index in [-0.39, 0.29) is 12.4 Å². The molecule has 5 heteroatoms. The van der Waals surface area contributed by atoms with Crippen molar-refractivity contribution in [3.05, 3.63) is 12.7 Å². The quantitative estimate of drug-likeness (QED) is 0.663. The minimum absolute atomic E-state index is 0. The number of aromatic nitrogens is 3. The van der Waals surface area contributed by atoms with Gasteiger partial charge in [-0.2, -0.15) is 0 Å². The van der Waals surface area contributed by atoms with Crippen molar-refractivity contribution < 1.29 is 0 Å². The van der Waals surface area contributed by atoms with Gasteiger partial charge in [-0.3, -0.25) is 0 Å². The third kappa shape index (κ3) is 1.70. The van der Waals surface area contributed by atoms with Gasteiger partial charge in [0.1, 0.15) is 12.7 Å². The molecule has 1 atom stereocenters. The molecule has 11 heavy (non-hydrogen) atoms. The average molecular weight is 175 g/mol. The SMILES string of the molecule is Cl.c1nncn1[C@H]1CCNC1. The molecule has 0 saturated carbocycles.